The van der Waals surface area contributed by atoms with Gasteiger partial charge < -0.3 is 33.8 Å². The lowest BCUT2D eigenvalue weighted by atomic mass is 10.0. The van der Waals surface area contributed by atoms with Gasteiger partial charge in [0.05, 0.1) is 26.4 Å². The number of carbonyl (C=O) groups excluding carboxylic acids is 4. The fourth-order valence-corrected chi connectivity index (χ4v) is 15.4. The highest BCUT2D eigenvalue weighted by atomic mass is 31.2. The van der Waals surface area contributed by atoms with Gasteiger partial charge in [-0.1, -0.05) is 426 Å². The summed E-state index contributed by atoms with van der Waals surface area (Å²) in [6, 6.07) is 0. The summed E-state index contributed by atoms with van der Waals surface area (Å²) < 4.78 is 68.9. The fourth-order valence-electron chi connectivity index (χ4n) is 13.8. The predicted octanol–water partition coefficient (Wildman–Crippen LogP) is 27.2. The monoisotopic (exact) mass is 1560 g/mol. The van der Waals surface area contributed by atoms with Gasteiger partial charge in [-0.15, -0.1) is 0 Å². The Hall–Kier alpha value is -1.94. The van der Waals surface area contributed by atoms with Crippen molar-refractivity contribution in [1.82, 2.24) is 0 Å². The smallest absolute Gasteiger partial charge is 0.462 e. The van der Waals surface area contributed by atoms with Crippen molar-refractivity contribution < 1.29 is 80.2 Å². The molecule has 0 saturated heterocycles. The van der Waals surface area contributed by atoms with Crippen LogP contribution in [-0.2, 0) is 65.4 Å². The molecule has 0 spiro atoms. The molecule has 0 amide bonds. The average Bonchev–Trinajstić information content (AvgIpc) is 0.915. The minimum absolute atomic E-state index is 0.108. The summed E-state index contributed by atoms with van der Waals surface area (Å²) in [5, 5.41) is 10.7. The molecule has 0 radical (unpaired) electrons. The number of carbonyl (C=O) groups is 4. The summed E-state index contributed by atoms with van der Waals surface area (Å²) >= 11 is 0. The van der Waals surface area contributed by atoms with E-state index in [4.69, 9.17) is 37.0 Å². The highest BCUT2D eigenvalue weighted by Gasteiger charge is 2.30. The van der Waals surface area contributed by atoms with Crippen LogP contribution in [0.2, 0.25) is 0 Å². The van der Waals surface area contributed by atoms with E-state index >= 15 is 0 Å². The molecule has 636 valence electrons. The van der Waals surface area contributed by atoms with Gasteiger partial charge in [0, 0.05) is 25.7 Å². The van der Waals surface area contributed by atoms with Gasteiger partial charge >= 0.3 is 39.5 Å². The number of phosphoric ester groups is 2. The highest BCUT2D eigenvalue weighted by molar-refractivity contribution is 7.47. The van der Waals surface area contributed by atoms with Crippen LogP contribution < -0.4 is 0 Å². The molecule has 0 aromatic carbocycles. The lowest BCUT2D eigenvalue weighted by molar-refractivity contribution is -0.161. The van der Waals surface area contributed by atoms with Crippen LogP contribution in [0.15, 0.2) is 0 Å². The Balaban J connectivity index is 5.22. The van der Waals surface area contributed by atoms with Crippen molar-refractivity contribution >= 4 is 39.5 Å². The van der Waals surface area contributed by atoms with Gasteiger partial charge in [0.1, 0.15) is 19.3 Å². The largest absolute Gasteiger partial charge is 0.472 e. The Labute approximate surface area is 658 Å². The molecule has 5 atom stereocenters. The first-order valence-corrected chi connectivity index (χ1v) is 48.6. The molecule has 0 bridgehead atoms. The Morgan fingerprint density at radius 3 is 0.636 bits per heavy atom. The van der Waals surface area contributed by atoms with Crippen LogP contribution in [0.4, 0.5) is 0 Å². The van der Waals surface area contributed by atoms with E-state index in [-0.39, 0.29) is 25.7 Å². The van der Waals surface area contributed by atoms with Crippen molar-refractivity contribution in [1.29, 1.82) is 0 Å². The number of esters is 4. The van der Waals surface area contributed by atoms with E-state index in [9.17, 15) is 43.2 Å². The highest BCUT2D eigenvalue weighted by Crippen LogP contribution is 2.45. The first-order chi connectivity index (χ1) is 52.0. The summed E-state index contributed by atoms with van der Waals surface area (Å²) in [7, 11) is -9.93. The molecular formula is C88H172O17P2. The molecule has 19 heteroatoms. The topological polar surface area (TPSA) is 237 Å². The molecule has 2 unspecified atom stereocenters. The molecule has 17 nitrogen and oxygen atoms in total. The van der Waals surface area contributed by atoms with Crippen molar-refractivity contribution in [2.75, 3.05) is 39.6 Å². The van der Waals surface area contributed by atoms with Gasteiger partial charge in [-0.2, -0.15) is 0 Å². The van der Waals surface area contributed by atoms with Gasteiger partial charge in [-0.05, 0) is 31.6 Å². The van der Waals surface area contributed by atoms with Gasteiger partial charge in [0.2, 0.25) is 0 Å². The maximum Gasteiger partial charge on any atom is 0.472 e. The normalized spacial score (nSPS) is 13.7. The predicted molar refractivity (Wildman–Crippen MR) is 442 cm³/mol. The van der Waals surface area contributed by atoms with E-state index in [1.165, 1.54) is 302 Å². The molecule has 0 fully saturated rings. The summed E-state index contributed by atoms with van der Waals surface area (Å²) in [6.45, 7) is 7.34. The molecule has 0 aromatic rings. The minimum Gasteiger partial charge on any atom is -0.462 e. The first kappa shape index (κ1) is 105. The van der Waals surface area contributed by atoms with Crippen LogP contribution >= 0.6 is 15.6 Å². The van der Waals surface area contributed by atoms with Gasteiger partial charge in [0.15, 0.2) is 12.2 Å². The van der Waals surface area contributed by atoms with E-state index in [0.717, 1.165) is 95.8 Å². The third kappa shape index (κ3) is 81.9. The molecule has 3 N–H and O–H groups in total. The number of ether oxygens (including phenoxy) is 4. The van der Waals surface area contributed by atoms with E-state index in [0.29, 0.717) is 25.7 Å². The molecule has 0 heterocycles. The number of aliphatic hydroxyl groups excluding tert-OH is 1. The van der Waals surface area contributed by atoms with Gasteiger partial charge in [-0.3, -0.25) is 37.3 Å². The zero-order chi connectivity index (χ0) is 78.3. The Kier molecular flexibility index (Phi) is 79.2. The van der Waals surface area contributed by atoms with Crippen LogP contribution in [0.25, 0.3) is 0 Å². The summed E-state index contributed by atoms with van der Waals surface area (Å²) in [4.78, 5) is 73.3. The minimum atomic E-state index is -4.97. The Bertz CT molecular complexity index is 2030. The van der Waals surface area contributed by atoms with Crippen molar-refractivity contribution in [3.8, 4) is 0 Å². The number of rotatable bonds is 88. The molecule has 0 aliphatic rings. The molecule has 0 saturated carbocycles. The molecular weight excluding hydrogens is 1390 g/mol. The number of hydrogen-bond acceptors (Lipinski definition) is 15. The van der Waals surface area contributed by atoms with Crippen LogP contribution in [-0.4, -0.2) is 96.7 Å². The zero-order valence-corrected chi connectivity index (χ0v) is 72.1. The second-order valence-electron chi connectivity index (χ2n) is 32.1. The maximum atomic E-state index is 13.2. The van der Waals surface area contributed by atoms with E-state index in [1.54, 1.807) is 0 Å². The van der Waals surface area contributed by atoms with Crippen molar-refractivity contribution in [2.24, 2.45) is 5.92 Å². The SMILES string of the molecule is CCCCCCCCCCCCCCCCCCCCCCCC(=O)OC[C@H](COP(=O)(O)OC[C@@H](O)COP(=O)(O)OC[C@@H](COC(=O)CCCCCCCCCCC(C)C)OC(=O)CCCCCCCCCCCCCCCC)OC(=O)CCCCCCCCCCCCCCCCCCCCCCC. The van der Waals surface area contributed by atoms with Crippen molar-refractivity contribution in [2.45, 2.75) is 496 Å². The first-order valence-electron chi connectivity index (χ1n) is 45.6. The number of aliphatic hydroxyl groups is 1. The van der Waals surface area contributed by atoms with Gasteiger partial charge in [0.25, 0.3) is 0 Å². The second kappa shape index (κ2) is 80.7. The van der Waals surface area contributed by atoms with Crippen LogP contribution in [0.1, 0.15) is 478 Å². The third-order valence-electron chi connectivity index (χ3n) is 20.8. The number of hydrogen-bond donors (Lipinski definition) is 3. The quantitative estimate of drug-likeness (QED) is 0.0222. The van der Waals surface area contributed by atoms with E-state index < -0.39 is 97.5 Å². The van der Waals surface area contributed by atoms with E-state index in [1.807, 2.05) is 0 Å². The van der Waals surface area contributed by atoms with Crippen LogP contribution in [0, 0.1) is 5.92 Å². The molecule has 0 aliphatic heterocycles. The van der Waals surface area contributed by atoms with Crippen LogP contribution in [0.5, 0.6) is 0 Å². The lowest BCUT2D eigenvalue weighted by Gasteiger charge is -2.21. The molecule has 0 aliphatic carbocycles. The Morgan fingerprint density at radius 2 is 0.430 bits per heavy atom. The second-order valence-corrected chi connectivity index (χ2v) is 35.0. The molecule has 0 rings (SSSR count). The number of unbranched alkanes of at least 4 members (excludes halogenated alkanes) is 60. The zero-order valence-electron chi connectivity index (χ0n) is 70.3. The lowest BCUT2D eigenvalue weighted by Crippen LogP contribution is -2.30. The van der Waals surface area contributed by atoms with Crippen molar-refractivity contribution in [3.05, 3.63) is 0 Å². The summed E-state index contributed by atoms with van der Waals surface area (Å²) in [5.74, 6) is -1.37. The summed E-state index contributed by atoms with van der Waals surface area (Å²) in [6.07, 6.45) is 75.2. The Morgan fingerprint density at radius 1 is 0.252 bits per heavy atom. The van der Waals surface area contributed by atoms with Crippen molar-refractivity contribution in [3.63, 3.8) is 0 Å². The average molecular weight is 1560 g/mol. The van der Waals surface area contributed by atoms with Gasteiger partial charge in [-0.25, -0.2) is 9.13 Å². The maximum absolute atomic E-state index is 13.2. The van der Waals surface area contributed by atoms with Crippen LogP contribution in [0.3, 0.4) is 0 Å². The third-order valence-corrected chi connectivity index (χ3v) is 22.7. The molecule has 107 heavy (non-hydrogen) atoms. The number of phosphoric acid groups is 2. The standard InChI is InChI=1S/C88H172O17P2/c1-6-9-12-15-18-21-24-27-30-32-34-36-38-40-42-45-47-50-56-61-66-71-85(90)98-77-83(104-88(93)74-69-64-59-52-49-46-43-41-39-37-35-33-31-28-25-22-19-16-13-10-7-2)79-102-106(94,95)100-75-82(89)76-101-107(96,97)103-80-84(78-99-86(91)72-67-62-57-54-53-55-60-65-70-81(4)5)105-87(92)73-68-63-58-51-48-44-29-26-23-20-17-14-11-8-3/h81-84,89H,6-80H2,1-5H3,(H,94,95)(H,96,97)/t82-,83-,84-/m1/s1. The summed E-state index contributed by atoms with van der Waals surface area (Å²) in [5.41, 5.74) is 0. The molecule has 0 aromatic heterocycles. The fraction of sp³-hybridized carbons (Fsp3) is 0.955. The van der Waals surface area contributed by atoms with E-state index in [2.05, 4.69) is 34.6 Å².